The standard InChI is InChI=1S/C12H10N4O2S/c17-19(18,12-7-14-8-15-12)16-11-3-1-2-9-4-5-13-6-10(9)11/h1-8,16H,(H,14,15). The first-order chi connectivity index (χ1) is 9.17. The van der Waals surface area contributed by atoms with Gasteiger partial charge in [0.25, 0.3) is 10.0 Å². The van der Waals surface area contributed by atoms with Crippen molar-refractivity contribution in [3.63, 3.8) is 0 Å². The van der Waals surface area contributed by atoms with Crippen molar-refractivity contribution in [2.45, 2.75) is 5.03 Å². The highest BCUT2D eigenvalue weighted by molar-refractivity contribution is 7.92. The number of hydrogen-bond donors (Lipinski definition) is 2. The number of fused-ring (bicyclic) bond motifs is 1. The number of benzene rings is 1. The Bertz CT molecular complexity index is 807. The number of nitrogens with zero attached hydrogens (tertiary/aromatic N) is 2. The summed E-state index contributed by atoms with van der Waals surface area (Å²) >= 11 is 0. The fourth-order valence-electron chi connectivity index (χ4n) is 1.79. The smallest absolute Gasteiger partial charge is 0.278 e. The summed E-state index contributed by atoms with van der Waals surface area (Å²) in [6, 6.07) is 7.19. The maximum atomic E-state index is 12.1. The Morgan fingerprint density at radius 2 is 2.00 bits per heavy atom. The van der Waals surface area contributed by atoms with E-state index in [1.165, 1.54) is 12.5 Å². The first-order valence-corrected chi connectivity index (χ1v) is 6.99. The largest absolute Gasteiger partial charge is 0.334 e. The van der Waals surface area contributed by atoms with E-state index in [1.54, 1.807) is 24.5 Å². The Hall–Kier alpha value is -2.41. The van der Waals surface area contributed by atoms with Crippen LogP contribution in [-0.4, -0.2) is 23.4 Å². The number of hydrogen-bond acceptors (Lipinski definition) is 4. The predicted octanol–water partition coefficient (Wildman–Crippen LogP) is 1.76. The van der Waals surface area contributed by atoms with Crippen LogP contribution < -0.4 is 4.72 Å². The van der Waals surface area contributed by atoms with Crippen LogP contribution in [-0.2, 0) is 10.0 Å². The van der Waals surface area contributed by atoms with Gasteiger partial charge < -0.3 is 4.98 Å². The highest BCUT2D eigenvalue weighted by atomic mass is 32.2. The third-order valence-corrected chi connectivity index (χ3v) is 3.98. The van der Waals surface area contributed by atoms with Gasteiger partial charge in [-0.15, -0.1) is 0 Å². The number of pyridine rings is 1. The third kappa shape index (κ3) is 2.15. The summed E-state index contributed by atoms with van der Waals surface area (Å²) in [4.78, 5) is 10.3. The molecule has 7 heteroatoms. The molecule has 1 aromatic carbocycles. The monoisotopic (exact) mass is 274 g/mol. The van der Waals surface area contributed by atoms with Gasteiger partial charge in [-0.3, -0.25) is 9.71 Å². The molecule has 0 aliphatic carbocycles. The molecule has 0 aliphatic rings. The minimum Gasteiger partial charge on any atom is -0.334 e. The van der Waals surface area contributed by atoms with Gasteiger partial charge in [0.1, 0.15) is 0 Å². The average Bonchev–Trinajstić information content (AvgIpc) is 2.93. The summed E-state index contributed by atoms with van der Waals surface area (Å²) in [7, 11) is -3.66. The van der Waals surface area contributed by atoms with Crippen LogP contribution in [0.15, 0.2) is 54.2 Å². The number of anilines is 1. The number of aromatic nitrogens is 3. The Balaban J connectivity index is 2.07. The Morgan fingerprint density at radius 1 is 1.11 bits per heavy atom. The summed E-state index contributed by atoms with van der Waals surface area (Å²) in [5.74, 6) is 0. The van der Waals surface area contributed by atoms with E-state index >= 15 is 0 Å². The molecule has 0 amide bonds. The maximum Gasteiger partial charge on any atom is 0.278 e. The van der Waals surface area contributed by atoms with Crippen LogP contribution in [0.25, 0.3) is 10.8 Å². The van der Waals surface area contributed by atoms with Crippen molar-refractivity contribution in [2.75, 3.05) is 4.72 Å². The fraction of sp³-hybridized carbons (Fsp3) is 0. The van der Waals surface area contributed by atoms with Crippen molar-refractivity contribution in [3.05, 3.63) is 49.2 Å². The molecule has 2 heterocycles. The van der Waals surface area contributed by atoms with Gasteiger partial charge in [0.2, 0.25) is 0 Å². The molecular formula is C12H10N4O2S. The molecule has 0 unspecified atom stereocenters. The first kappa shape index (κ1) is 11.7. The quantitative estimate of drug-likeness (QED) is 0.761. The maximum absolute atomic E-state index is 12.1. The van der Waals surface area contributed by atoms with Crippen LogP contribution in [0, 0.1) is 0 Å². The van der Waals surface area contributed by atoms with Crippen molar-refractivity contribution < 1.29 is 8.42 Å². The molecular weight excluding hydrogens is 264 g/mol. The van der Waals surface area contributed by atoms with Crippen LogP contribution in [0.2, 0.25) is 0 Å². The van der Waals surface area contributed by atoms with Crippen molar-refractivity contribution in [1.82, 2.24) is 15.0 Å². The molecule has 0 aliphatic heterocycles. The van der Waals surface area contributed by atoms with E-state index in [4.69, 9.17) is 0 Å². The van der Waals surface area contributed by atoms with E-state index in [-0.39, 0.29) is 5.03 Å². The van der Waals surface area contributed by atoms with E-state index in [0.717, 1.165) is 10.8 Å². The normalized spacial score (nSPS) is 11.6. The van der Waals surface area contributed by atoms with Crippen LogP contribution in [0.1, 0.15) is 0 Å². The lowest BCUT2D eigenvalue weighted by Gasteiger charge is -2.08. The number of rotatable bonds is 3. The minimum atomic E-state index is -3.66. The van der Waals surface area contributed by atoms with E-state index in [0.29, 0.717) is 5.69 Å². The predicted molar refractivity (Wildman–Crippen MR) is 71.1 cm³/mol. The van der Waals surface area contributed by atoms with Crippen molar-refractivity contribution >= 4 is 26.5 Å². The van der Waals surface area contributed by atoms with E-state index in [9.17, 15) is 8.42 Å². The van der Waals surface area contributed by atoms with Gasteiger partial charge in [0.05, 0.1) is 18.2 Å². The van der Waals surface area contributed by atoms with E-state index in [1.807, 2.05) is 12.1 Å². The highest BCUT2D eigenvalue weighted by Crippen LogP contribution is 2.24. The average molecular weight is 274 g/mol. The minimum absolute atomic E-state index is 0.0217. The SMILES string of the molecule is O=S(=O)(Nc1cccc2ccncc12)c1cnc[nH]1. The molecule has 0 atom stereocenters. The molecule has 6 nitrogen and oxygen atoms in total. The Kier molecular flexibility index (Phi) is 2.68. The summed E-state index contributed by atoms with van der Waals surface area (Å²) in [5.41, 5.74) is 0.486. The second-order valence-electron chi connectivity index (χ2n) is 3.92. The van der Waals surface area contributed by atoms with Gasteiger partial charge in [-0.05, 0) is 17.5 Å². The van der Waals surface area contributed by atoms with Gasteiger partial charge >= 0.3 is 0 Å². The zero-order chi connectivity index (χ0) is 13.3. The van der Waals surface area contributed by atoms with Gasteiger partial charge in [0, 0.05) is 17.8 Å². The third-order valence-electron chi connectivity index (χ3n) is 2.69. The van der Waals surface area contributed by atoms with Crippen LogP contribution in [0.3, 0.4) is 0 Å². The topological polar surface area (TPSA) is 87.7 Å². The van der Waals surface area contributed by atoms with Crippen molar-refractivity contribution in [2.24, 2.45) is 0 Å². The molecule has 96 valence electrons. The van der Waals surface area contributed by atoms with Gasteiger partial charge in [0.15, 0.2) is 5.03 Å². The lowest BCUT2D eigenvalue weighted by atomic mass is 10.1. The number of H-pyrrole nitrogens is 1. The molecule has 0 spiro atoms. The Morgan fingerprint density at radius 3 is 2.79 bits per heavy atom. The molecule has 0 fully saturated rings. The van der Waals surface area contributed by atoms with Crippen LogP contribution in [0.4, 0.5) is 5.69 Å². The van der Waals surface area contributed by atoms with Gasteiger partial charge in [-0.1, -0.05) is 12.1 Å². The second kappa shape index (κ2) is 4.36. The zero-order valence-electron chi connectivity index (χ0n) is 9.74. The molecule has 0 bridgehead atoms. The molecule has 3 aromatic rings. The number of imidazole rings is 1. The summed E-state index contributed by atoms with van der Waals surface area (Å²) in [6.07, 6.45) is 5.86. The van der Waals surface area contributed by atoms with Crippen molar-refractivity contribution in [1.29, 1.82) is 0 Å². The number of nitrogens with one attached hydrogen (secondary N) is 2. The lowest BCUT2D eigenvalue weighted by molar-refractivity contribution is 0.598. The number of aromatic amines is 1. The van der Waals surface area contributed by atoms with Crippen LogP contribution in [0.5, 0.6) is 0 Å². The molecule has 2 aromatic heterocycles. The van der Waals surface area contributed by atoms with E-state index < -0.39 is 10.0 Å². The molecule has 0 radical (unpaired) electrons. The molecule has 2 N–H and O–H groups in total. The van der Waals surface area contributed by atoms with Crippen LogP contribution >= 0.6 is 0 Å². The zero-order valence-corrected chi connectivity index (χ0v) is 10.6. The Labute approximate surface area is 109 Å². The lowest BCUT2D eigenvalue weighted by Crippen LogP contribution is -2.13. The molecule has 3 rings (SSSR count). The first-order valence-electron chi connectivity index (χ1n) is 5.51. The molecule has 0 saturated heterocycles. The summed E-state index contributed by atoms with van der Waals surface area (Å²) < 4.78 is 26.7. The van der Waals surface area contributed by atoms with E-state index in [2.05, 4.69) is 19.7 Å². The number of sulfonamides is 1. The molecule has 0 saturated carbocycles. The fourth-order valence-corrected chi connectivity index (χ4v) is 2.78. The summed E-state index contributed by atoms with van der Waals surface area (Å²) in [6.45, 7) is 0. The highest BCUT2D eigenvalue weighted by Gasteiger charge is 2.16. The van der Waals surface area contributed by atoms with Crippen molar-refractivity contribution in [3.8, 4) is 0 Å². The molecule has 19 heavy (non-hydrogen) atoms. The van der Waals surface area contributed by atoms with Gasteiger partial charge in [-0.25, -0.2) is 4.98 Å². The van der Waals surface area contributed by atoms with Gasteiger partial charge in [-0.2, -0.15) is 8.42 Å². The summed E-state index contributed by atoms with van der Waals surface area (Å²) in [5, 5.41) is 1.68. The second-order valence-corrected chi connectivity index (χ2v) is 5.57.